The Bertz CT molecular complexity index is 677. The monoisotopic (exact) mass is 367 g/mol. The van der Waals surface area contributed by atoms with Crippen LogP contribution in [0.5, 0.6) is 0 Å². The Hall–Kier alpha value is -1.93. The minimum absolute atomic E-state index is 0.0402. The van der Waals surface area contributed by atoms with Crippen molar-refractivity contribution in [1.82, 2.24) is 0 Å². The third-order valence-electron chi connectivity index (χ3n) is 5.08. The van der Waals surface area contributed by atoms with Crippen LogP contribution in [0, 0.1) is 21.3 Å². The van der Waals surface area contributed by atoms with Crippen LogP contribution in [-0.4, -0.2) is 55.5 Å². The molecule has 2 saturated heterocycles. The van der Waals surface area contributed by atoms with Gasteiger partial charge in [-0.3, -0.25) is 10.1 Å². The Morgan fingerprint density at radius 2 is 1.96 bits per heavy atom. The van der Waals surface area contributed by atoms with Crippen LogP contribution in [0.2, 0.25) is 0 Å². The summed E-state index contributed by atoms with van der Waals surface area (Å²) >= 11 is 0. The van der Waals surface area contributed by atoms with Crippen molar-refractivity contribution in [3.8, 4) is 0 Å². The molecule has 144 valence electrons. The molecule has 2 fully saturated rings. The summed E-state index contributed by atoms with van der Waals surface area (Å²) in [5.41, 5.74) is 0.00317. The van der Waals surface area contributed by atoms with Gasteiger partial charge in [0.1, 0.15) is 0 Å². The number of aliphatic hydroxyl groups excluding tert-OH is 1. The minimum Gasteiger partial charge on any atom is -0.393 e. The standard InChI is InChI=1S/C18H26FN3O4/c1-18(2)11-13(23)5-6-21(12-18)14-3-4-15(22(24)25)17(16(14)19)20-7-9-26-10-8-20/h3-4,13,23H,5-12H2,1-2H3. The summed E-state index contributed by atoms with van der Waals surface area (Å²) < 4.78 is 20.7. The van der Waals surface area contributed by atoms with Gasteiger partial charge in [-0.1, -0.05) is 13.8 Å². The lowest BCUT2D eigenvalue weighted by atomic mass is 9.87. The van der Waals surface area contributed by atoms with Crippen molar-refractivity contribution in [2.45, 2.75) is 32.8 Å². The molecule has 26 heavy (non-hydrogen) atoms. The normalized spacial score (nSPS) is 23.6. The molecule has 0 spiro atoms. The van der Waals surface area contributed by atoms with E-state index in [9.17, 15) is 15.2 Å². The first-order valence-corrected chi connectivity index (χ1v) is 9.01. The highest BCUT2D eigenvalue weighted by Crippen LogP contribution is 2.39. The fourth-order valence-electron chi connectivity index (χ4n) is 3.93. The first-order valence-electron chi connectivity index (χ1n) is 9.01. The SMILES string of the molecule is CC1(C)CC(O)CCN(c2ccc([N+](=O)[O-])c(N3CCOCC3)c2F)C1. The summed E-state index contributed by atoms with van der Waals surface area (Å²) in [6.07, 6.45) is 0.774. The van der Waals surface area contributed by atoms with Gasteiger partial charge >= 0.3 is 0 Å². The predicted molar refractivity (Wildman–Crippen MR) is 97.3 cm³/mol. The average Bonchev–Trinajstić information content (AvgIpc) is 2.72. The van der Waals surface area contributed by atoms with Gasteiger partial charge in [-0.25, -0.2) is 4.39 Å². The van der Waals surface area contributed by atoms with Gasteiger partial charge in [0.05, 0.1) is 29.9 Å². The van der Waals surface area contributed by atoms with Crippen molar-refractivity contribution in [2.24, 2.45) is 5.41 Å². The highest BCUT2D eigenvalue weighted by atomic mass is 19.1. The van der Waals surface area contributed by atoms with Crippen LogP contribution >= 0.6 is 0 Å². The number of aliphatic hydroxyl groups is 1. The molecule has 2 heterocycles. The molecule has 0 saturated carbocycles. The molecular weight excluding hydrogens is 341 g/mol. The van der Waals surface area contributed by atoms with Crippen LogP contribution in [0.3, 0.4) is 0 Å². The molecule has 0 amide bonds. The molecule has 2 aliphatic rings. The molecule has 1 aromatic carbocycles. The average molecular weight is 367 g/mol. The van der Waals surface area contributed by atoms with E-state index in [1.807, 2.05) is 18.7 Å². The van der Waals surface area contributed by atoms with Crippen molar-refractivity contribution in [1.29, 1.82) is 0 Å². The molecule has 0 aliphatic carbocycles. The Labute approximate surface area is 152 Å². The van der Waals surface area contributed by atoms with Crippen molar-refractivity contribution < 1.29 is 19.2 Å². The highest BCUT2D eigenvalue weighted by Gasteiger charge is 2.33. The summed E-state index contributed by atoms with van der Waals surface area (Å²) in [5, 5.41) is 21.5. The van der Waals surface area contributed by atoms with Crippen LogP contribution in [-0.2, 0) is 4.74 Å². The number of nitro benzene ring substituents is 1. The maximum atomic E-state index is 15.5. The van der Waals surface area contributed by atoms with Crippen LogP contribution in [0.25, 0.3) is 0 Å². The second-order valence-electron chi connectivity index (χ2n) is 7.86. The number of hydrogen-bond acceptors (Lipinski definition) is 6. The number of rotatable bonds is 3. The van der Waals surface area contributed by atoms with E-state index in [1.165, 1.54) is 12.1 Å². The molecule has 0 radical (unpaired) electrons. The van der Waals surface area contributed by atoms with Gasteiger partial charge in [0.2, 0.25) is 0 Å². The van der Waals surface area contributed by atoms with Crippen molar-refractivity contribution >= 4 is 17.1 Å². The number of morpholine rings is 1. The number of ether oxygens (including phenoxy) is 1. The van der Waals surface area contributed by atoms with Gasteiger partial charge in [-0.15, -0.1) is 0 Å². The Kier molecular flexibility index (Phi) is 5.34. The Morgan fingerprint density at radius 1 is 1.27 bits per heavy atom. The third kappa shape index (κ3) is 3.91. The number of halogens is 1. The van der Waals surface area contributed by atoms with E-state index >= 15 is 4.39 Å². The summed E-state index contributed by atoms with van der Waals surface area (Å²) in [6.45, 7) is 6.87. The van der Waals surface area contributed by atoms with Gasteiger partial charge in [-0.05, 0) is 24.3 Å². The maximum Gasteiger partial charge on any atom is 0.295 e. The second-order valence-corrected chi connectivity index (χ2v) is 7.86. The minimum atomic E-state index is -0.562. The molecule has 1 atom stereocenters. The third-order valence-corrected chi connectivity index (χ3v) is 5.08. The Balaban J connectivity index is 2.01. The number of benzene rings is 1. The zero-order valence-corrected chi connectivity index (χ0v) is 15.3. The summed E-state index contributed by atoms with van der Waals surface area (Å²) in [4.78, 5) is 14.5. The van der Waals surface area contributed by atoms with E-state index in [1.54, 1.807) is 4.90 Å². The molecule has 0 bridgehead atoms. The first-order chi connectivity index (χ1) is 12.3. The number of hydrogen-bond donors (Lipinski definition) is 1. The molecule has 2 aliphatic heterocycles. The second kappa shape index (κ2) is 7.36. The van der Waals surface area contributed by atoms with E-state index in [0.717, 1.165) is 0 Å². The van der Waals surface area contributed by atoms with Crippen LogP contribution in [0.15, 0.2) is 12.1 Å². The van der Waals surface area contributed by atoms with Crippen molar-refractivity contribution in [3.63, 3.8) is 0 Å². The largest absolute Gasteiger partial charge is 0.393 e. The van der Waals surface area contributed by atoms with Crippen LogP contribution in [0.1, 0.15) is 26.7 Å². The smallest absolute Gasteiger partial charge is 0.295 e. The quantitative estimate of drug-likeness (QED) is 0.653. The highest BCUT2D eigenvalue weighted by molar-refractivity contribution is 5.72. The fourth-order valence-corrected chi connectivity index (χ4v) is 3.93. The fraction of sp³-hybridized carbons (Fsp3) is 0.667. The number of anilines is 2. The molecule has 7 nitrogen and oxygen atoms in total. The Morgan fingerprint density at radius 3 is 2.62 bits per heavy atom. The lowest BCUT2D eigenvalue weighted by Gasteiger charge is -2.33. The maximum absolute atomic E-state index is 15.5. The van der Waals surface area contributed by atoms with Crippen LogP contribution in [0.4, 0.5) is 21.5 Å². The lowest BCUT2D eigenvalue weighted by molar-refractivity contribution is -0.384. The van der Waals surface area contributed by atoms with E-state index in [2.05, 4.69) is 0 Å². The predicted octanol–water partition coefficient (Wildman–Crippen LogP) is 2.56. The molecule has 3 rings (SSSR count). The first kappa shape index (κ1) is 18.8. The summed E-state index contributed by atoms with van der Waals surface area (Å²) in [6, 6.07) is 2.88. The van der Waals surface area contributed by atoms with Crippen molar-refractivity contribution in [2.75, 3.05) is 49.2 Å². The molecule has 1 aromatic rings. The van der Waals surface area contributed by atoms with Gasteiger partial charge in [0.25, 0.3) is 5.69 Å². The van der Waals surface area contributed by atoms with E-state index in [-0.39, 0.29) is 16.8 Å². The van der Waals surface area contributed by atoms with E-state index in [0.29, 0.717) is 57.9 Å². The van der Waals surface area contributed by atoms with Crippen molar-refractivity contribution in [3.05, 3.63) is 28.1 Å². The summed E-state index contributed by atoms with van der Waals surface area (Å²) in [7, 11) is 0. The molecular formula is C18H26FN3O4. The van der Waals surface area contributed by atoms with Gasteiger partial charge < -0.3 is 19.6 Å². The van der Waals surface area contributed by atoms with E-state index in [4.69, 9.17) is 4.74 Å². The lowest BCUT2D eigenvalue weighted by Crippen LogP contribution is -2.38. The zero-order chi connectivity index (χ0) is 18.9. The molecule has 1 N–H and O–H groups in total. The molecule has 8 heteroatoms. The van der Waals surface area contributed by atoms with Gasteiger partial charge in [0.15, 0.2) is 11.5 Å². The summed E-state index contributed by atoms with van der Waals surface area (Å²) in [5.74, 6) is -0.562. The zero-order valence-electron chi connectivity index (χ0n) is 15.3. The molecule has 1 unspecified atom stereocenters. The molecule has 0 aromatic heterocycles. The topological polar surface area (TPSA) is 79.1 Å². The number of nitrogens with zero attached hydrogens (tertiary/aromatic N) is 3. The van der Waals surface area contributed by atoms with Gasteiger partial charge in [-0.2, -0.15) is 0 Å². The van der Waals surface area contributed by atoms with Crippen LogP contribution < -0.4 is 9.80 Å². The number of nitro groups is 1. The van der Waals surface area contributed by atoms with E-state index < -0.39 is 16.8 Å². The van der Waals surface area contributed by atoms with Gasteiger partial charge in [0, 0.05) is 32.2 Å².